The Hall–Kier alpha value is -2.56. The van der Waals surface area contributed by atoms with E-state index >= 15 is 0 Å². The minimum absolute atomic E-state index is 0.268. The summed E-state index contributed by atoms with van der Waals surface area (Å²) in [6.45, 7) is 5.79. The molecule has 0 atom stereocenters. The molecule has 0 saturated carbocycles. The van der Waals surface area contributed by atoms with Crippen LogP contribution in [0.4, 0.5) is 0 Å². The Labute approximate surface area is 236 Å². The average molecular weight is 549 g/mol. The van der Waals surface area contributed by atoms with Crippen molar-refractivity contribution < 1.29 is 9.47 Å². The fraction of sp³-hybridized carbons (Fsp3) is 0.353. The summed E-state index contributed by atoms with van der Waals surface area (Å²) in [5.74, 6) is 1.79. The molecule has 0 bridgehead atoms. The van der Waals surface area contributed by atoms with E-state index in [0.717, 1.165) is 48.3 Å². The summed E-state index contributed by atoms with van der Waals surface area (Å²) in [6.07, 6.45) is 21.9. The summed E-state index contributed by atoms with van der Waals surface area (Å²) in [4.78, 5) is 2.76. The molecule has 3 rings (SSSR count). The van der Waals surface area contributed by atoms with Gasteiger partial charge >= 0.3 is 0 Å². The molecule has 0 saturated heterocycles. The van der Waals surface area contributed by atoms with E-state index in [1.54, 1.807) is 0 Å². The van der Waals surface area contributed by atoms with Crippen molar-refractivity contribution >= 4 is 46.1 Å². The Kier molecular flexibility index (Phi) is 12.4. The largest absolute Gasteiger partial charge is 0.493 e. The predicted molar refractivity (Wildman–Crippen MR) is 173 cm³/mol. The third-order valence-electron chi connectivity index (χ3n) is 6.27. The van der Waals surface area contributed by atoms with Gasteiger partial charge in [0.15, 0.2) is 9.79 Å². The minimum atomic E-state index is 0.268. The lowest BCUT2D eigenvalue weighted by atomic mass is 10.1. The van der Waals surface area contributed by atoms with Gasteiger partial charge in [-0.05, 0) is 60.4 Å². The molecule has 0 aliphatic rings. The first-order valence-corrected chi connectivity index (χ1v) is 17.6. The third kappa shape index (κ3) is 9.32. The van der Waals surface area contributed by atoms with Crippen LogP contribution in [0.25, 0.3) is 24.3 Å². The van der Waals surface area contributed by atoms with Crippen molar-refractivity contribution in [3.8, 4) is 11.5 Å². The molecule has 0 aliphatic heterocycles. The number of hydrogen-bond donors (Lipinski definition) is 0. The summed E-state index contributed by atoms with van der Waals surface area (Å²) in [5, 5.41) is 0. The Balaban J connectivity index is 1.95. The number of unbranched alkanes of at least 4 members (excludes halogenated alkanes) is 2. The van der Waals surface area contributed by atoms with E-state index in [2.05, 4.69) is 124 Å². The van der Waals surface area contributed by atoms with Crippen LogP contribution in [0.2, 0.25) is 0 Å². The molecule has 2 nitrogen and oxygen atoms in total. The molecule has 0 heterocycles. The summed E-state index contributed by atoms with van der Waals surface area (Å²) >= 11 is 0. The molecule has 4 heteroatoms. The molecule has 0 amide bonds. The van der Waals surface area contributed by atoms with Gasteiger partial charge in [-0.1, -0.05) is 75.3 Å². The topological polar surface area (TPSA) is 18.5 Å². The van der Waals surface area contributed by atoms with Gasteiger partial charge in [0.05, 0.1) is 13.2 Å². The Morgan fingerprint density at radius 1 is 0.553 bits per heavy atom. The van der Waals surface area contributed by atoms with E-state index in [4.69, 9.17) is 9.47 Å². The van der Waals surface area contributed by atoms with E-state index in [1.165, 1.54) is 20.9 Å². The van der Waals surface area contributed by atoms with Crippen LogP contribution in [0.15, 0.2) is 70.5 Å². The SMILES string of the molecule is CCCCOc1cc(/C=C/c2ccc([S+](C)C)cc2)c(OCCCC)cc1C=Cc1ccc([S+](C)C)cc1. The van der Waals surface area contributed by atoms with Crippen molar-refractivity contribution in [2.75, 3.05) is 38.2 Å². The second-order valence-electron chi connectivity index (χ2n) is 9.77. The van der Waals surface area contributed by atoms with Gasteiger partial charge in [-0.3, -0.25) is 0 Å². The monoisotopic (exact) mass is 548 g/mol. The number of ether oxygens (including phenoxy) is 2. The van der Waals surface area contributed by atoms with E-state index in [1.807, 2.05) is 0 Å². The van der Waals surface area contributed by atoms with Crippen LogP contribution < -0.4 is 9.47 Å². The van der Waals surface area contributed by atoms with E-state index in [0.29, 0.717) is 13.2 Å². The van der Waals surface area contributed by atoms with Gasteiger partial charge < -0.3 is 9.47 Å². The quantitative estimate of drug-likeness (QED) is 0.114. The van der Waals surface area contributed by atoms with Gasteiger partial charge in [0, 0.05) is 32.9 Å². The van der Waals surface area contributed by atoms with Crippen molar-refractivity contribution in [3.05, 3.63) is 82.9 Å². The van der Waals surface area contributed by atoms with Crippen LogP contribution in [0.3, 0.4) is 0 Å². The second-order valence-corrected chi connectivity index (χ2v) is 14.0. The molecular formula is C34H44O2S2+2. The molecule has 0 N–H and O–H groups in total. The van der Waals surface area contributed by atoms with Gasteiger partial charge in [0.2, 0.25) is 0 Å². The molecule has 202 valence electrons. The molecule has 0 aliphatic carbocycles. The van der Waals surface area contributed by atoms with Crippen LogP contribution in [0, 0.1) is 0 Å². The van der Waals surface area contributed by atoms with Crippen molar-refractivity contribution in [1.29, 1.82) is 0 Å². The molecule has 0 spiro atoms. The number of hydrogen-bond acceptors (Lipinski definition) is 2. The Morgan fingerprint density at radius 2 is 0.921 bits per heavy atom. The molecule has 3 aromatic carbocycles. The summed E-state index contributed by atoms with van der Waals surface area (Å²) in [5.41, 5.74) is 4.45. The summed E-state index contributed by atoms with van der Waals surface area (Å²) in [6, 6.07) is 21.9. The highest BCUT2D eigenvalue weighted by Crippen LogP contribution is 2.33. The maximum atomic E-state index is 6.29. The zero-order chi connectivity index (χ0) is 27.3. The highest BCUT2D eigenvalue weighted by molar-refractivity contribution is 7.95. The summed E-state index contributed by atoms with van der Waals surface area (Å²) < 4.78 is 12.6. The van der Waals surface area contributed by atoms with E-state index in [9.17, 15) is 0 Å². The van der Waals surface area contributed by atoms with Crippen LogP contribution in [-0.2, 0) is 21.8 Å². The van der Waals surface area contributed by atoms with Crippen molar-refractivity contribution in [2.45, 2.75) is 49.3 Å². The van der Waals surface area contributed by atoms with Crippen molar-refractivity contribution in [3.63, 3.8) is 0 Å². The summed E-state index contributed by atoms with van der Waals surface area (Å²) in [7, 11) is 0.536. The first-order chi connectivity index (χ1) is 18.4. The fourth-order valence-corrected chi connectivity index (χ4v) is 5.19. The molecule has 0 aromatic heterocycles. The first-order valence-electron chi connectivity index (χ1n) is 13.6. The Bertz CT molecular complexity index is 1080. The average Bonchev–Trinajstić information content (AvgIpc) is 2.92. The van der Waals surface area contributed by atoms with E-state index in [-0.39, 0.29) is 21.8 Å². The molecule has 0 radical (unpaired) electrons. The van der Waals surface area contributed by atoms with Gasteiger partial charge in [-0.15, -0.1) is 0 Å². The highest BCUT2D eigenvalue weighted by atomic mass is 32.2. The van der Waals surface area contributed by atoms with Gasteiger partial charge in [-0.2, -0.15) is 0 Å². The first kappa shape index (κ1) is 30.0. The molecule has 38 heavy (non-hydrogen) atoms. The third-order valence-corrected chi connectivity index (χ3v) is 8.70. The standard InChI is InChI=1S/C34H44O2S2/c1-7-9-23-35-33-25-30(18-12-28-15-21-32(22-16-28)38(5)6)34(36-24-10-8-2)26-29(33)17-11-27-13-19-31(20-14-27)37(3)4/h11-22,25-26H,7-10,23-24H2,1-6H3/q+2/b17-11+,18-12?. The van der Waals surface area contributed by atoms with Gasteiger partial charge in [0.1, 0.15) is 36.5 Å². The lowest BCUT2D eigenvalue weighted by Gasteiger charge is -2.15. The fourth-order valence-electron chi connectivity index (χ4n) is 3.83. The van der Waals surface area contributed by atoms with Crippen LogP contribution in [0.1, 0.15) is 61.8 Å². The van der Waals surface area contributed by atoms with Gasteiger partial charge in [-0.25, -0.2) is 0 Å². The second kappa shape index (κ2) is 15.8. The van der Waals surface area contributed by atoms with Crippen LogP contribution in [0.5, 0.6) is 11.5 Å². The highest BCUT2D eigenvalue weighted by Gasteiger charge is 2.11. The van der Waals surface area contributed by atoms with Gasteiger partial charge in [0.25, 0.3) is 0 Å². The zero-order valence-corrected chi connectivity index (χ0v) is 25.6. The molecule has 0 fully saturated rings. The maximum absolute atomic E-state index is 6.29. The molecule has 3 aromatic rings. The van der Waals surface area contributed by atoms with Crippen LogP contribution in [-0.4, -0.2) is 38.2 Å². The lowest BCUT2D eigenvalue weighted by molar-refractivity contribution is 0.300. The number of rotatable bonds is 14. The number of benzene rings is 3. The van der Waals surface area contributed by atoms with Crippen molar-refractivity contribution in [2.24, 2.45) is 0 Å². The van der Waals surface area contributed by atoms with Crippen molar-refractivity contribution in [1.82, 2.24) is 0 Å². The minimum Gasteiger partial charge on any atom is -0.493 e. The maximum Gasteiger partial charge on any atom is 0.154 e. The Morgan fingerprint density at radius 3 is 1.24 bits per heavy atom. The molecular weight excluding hydrogens is 505 g/mol. The smallest absolute Gasteiger partial charge is 0.154 e. The van der Waals surface area contributed by atoms with Crippen LogP contribution >= 0.6 is 0 Å². The predicted octanol–water partition coefficient (Wildman–Crippen LogP) is 8.86. The normalized spacial score (nSPS) is 11.8. The van der Waals surface area contributed by atoms with E-state index < -0.39 is 0 Å². The molecule has 0 unspecified atom stereocenters. The zero-order valence-electron chi connectivity index (χ0n) is 24.0. The lowest BCUT2D eigenvalue weighted by Crippen LogP contribution is -2.02.